The van der Waals surface area contributed by atoms with Gasteiger partial charge >= 0.3 is 5.97 Å². The molecule has 1 fully saturated rings. The first kappa shape index (κ1) is 15.5. The molecule has 0 aromatic rings. The minimum absolute atomic E-state index is 0.00230. The fourth-order valence-corrected chi connectivity index (χ4v) is 5.53. The van der Waals surface area contributed by atoms with Crippen molar-refractivity contribution in [3.05, 3.63) is 23.3 Å². The average molecular weight is 302 g/mol. The predicted octanol–water partition coefficient (Wildman–Crippen LogP) is 3.84. The van der Waals surface area contributed by atoms with Crippen LogP contribution in [0.4, 0.5) is 0 Å². The summed E-state index contributed by atoms with van der Waals surface area (Å²) < 4.78 is 5.12. The Labute approximate surface area is 132 Å². The van der Waals surface area contributed by atoms with Crippen molar-refractivity contribution in [1.29, 1.82) is 0 Å². The summed E-state index contributed by atoms with van der Waals surface area (Å²) in [5.41, 5.74) is 1.23. The molecular formula is C19H26O3. The molecule has 0 aliphatic heterocycles. The zero-order valence-electron chi connectivity index (χ0n) is 14.1. The van der Waals surface area contributed by atoms with Gasteiger partial charge < -0.3 is 4.74 Å². The van der Waals surface area contributed by atoms with Crippen molar-refractivity contribution in [2.45, 2.75) is 52.9 Å². The van der Waals surface area contributed by atoms with Gasteiger partial charge in [-0.05, 0) is 68.8 Å². The molecule has 3 heteroatoms. The summed E-state index contributed by atoms with van der Waals surface area (Å²) in [6.07, 6.45) is 8.82. The summed E-state index contributed by atoms with van der Waals surface area (Å²) in [7, 11) is 1.41. The molecular weight excluding hydrogens is 276 g/mol. The molecule has 120 valence electrons. The molecule has 4 atom stereocenters. The van der Waals surface area contributed by atoms with E-state index in [0.717, 1.165) is 31.3 Å². The number of ketones is 1. The number of methoxy groups -OCH3 is 1. The van der Waals surface area contributed by atoms with Crippen molar-refractivity contribution in [3.63, 3.8) is 0 Å². The van der Waals surface area contributed by atoms with Gasteiger partial charge in [0.1, 0.15) is 5.41 Å². The molecule has 0 aromatic heterocycles. The van der Waals surface area contributed by atoms with E-state index in [-0.39, 0.29) is 23.1 Å². The third kappa shape index (κ3) is 1.80. The second-order valence-corrected chi connectivity index (χ2v) is 7.55. The summed E-state index contributed by atoms with van der Waals surface area (Å²) in [5.74, 6) is 0.235. The van der Waals surface area contributed by atoms with Crippen molar-refractivity contribution >= 4 is 11.8 Å². The van der Waals surface area contributed by atoms with Gasteiger partial charge in [-0.1, -0.05) is 24.6 Å². The molecule has 0 heterocycles. The highest BCUT2D eigenvalue weighted by atomic mass is 16.5. The Kier molecular flexibility index (Phi) is 3.58. The summed E-state index contributed by atoms with van der Waals surface area (Å²) in [6.45, 7) is 6.33. The monoisotopic (exact) mass is 302 g/mol. The molecule has 0 aromatic carbocycles. The van der Waals surface area contributed by atoms with Crippen LogP contribution in [-0.4, -0.2) is 18.9 Å². The fraction of sp³-hybridized carbons (Fsp3) is 0.684. The first-order chi connectivity index (χ1) is 10.4. The maximum atomic E-state index is 13.0. The lowest BCUT2D eigenvalue weighted by Crippen LogP contribution is -2.59. The van der Waals surface area contributed by atoms with E-state index in [1.165, 1.54) is 12.7 Å². The number of allylic oxidation sites excluding steroid dienone is 4. The molecule has 3 aliphatic carbocycles. The smallest absolute Gasteiger partial charge is 0.320 e. The fourth-order valence-electron chi connectivity index (χ4n) is 5.53. The second kappa shape index (κ2) is 5.07. The first-order valence-electron chi connectivity index (χ1n) is 8.34. The minimum atomic E-state index is -0.948. The third-order valence-electron chi connectivity index (χ3n) is 6.69. The Morgan fingerprint density at radius 1 is 1.27 bits per heavy atom. The number of fused-ring (bicyclic) bond motifs is 3. The molecule has 22 heavy (non-hydrogen) atoms. The molecule has 3 aliphatic rings. The second-order valence-electron chi connectivity index (χ2n) is 7.55. The van der Waals surface area contributed by atoms with Gasteiger partial charge in [0.2, 0.25) is 0 Å². The Morgan fingerprint density at radius 2 is 2.00 bits per heavy atom. The number of rotatable bonds is 1. The first-order valence-corrected chi connectivity index (χ1v) is 8.34. The van der Waals surface area contributed by atoms with Gasteiger partial charge in [0.25, 0.3) is 0 Å². The van der Waals surface area contributed by atoms with Crippen LogP contribution in [0.3, 0.4) is 0 Å². The Morgan fingerprint density at radius 3 is 2.68 bits per heavy atom. The highest BCUT2D eigenvalue weighted by Gasteiger charge is 2.64. The normalized spacial score (nSPS) is 41.0. The van der Waals surface area contributed by atoms with Crippen LogP contribution in [0, 0.1) is 22.7 Å². The molecule has 0 saturated heterocycles. The number of hydrogen-bond donors (Lipinski definition) is 0. The maximum Gasteiger partial charge on any atom is 0.320 e. The highest BCUT2D eigenvalue weighted by molar-refractivity contribution is 6.13. The summed E-state index contributed by atoms with van der Waals surface area (Å²) >= 11 is 0. The SMILES string of the molecule is COC(=O)[C@@]12CC[C@H]3C(C)=CCC[C@]3(C)[C@H]1CC=C(C)C2=O. The van der Waals surface area contributed by atoms with Crippen LogP contribution < -0.4 is 0 Å². The topological polar surface area (TPSA) is 43.4 Å². The maximum absolute atomic E-state index is 13.0. The minimum Gasteiger partial charge on any atom is -0.468 e. The number of carbonyl (C=O) groups excluding carboxylic acids is 2. The zero-order valence-corrected chi connectivity index (χ0v) is 14.1. The lowest BCUT2D eigenvalue weighted by Gasteiger charge is -2.58. The van der Waals surface area contributed by atoms with Gasteiger partial charge in [0.05, 0.1) is 7.11 Å². The molecule has 0 radical (unpaired) electrons. The van der Waals surface area contributed by atoms with Crippen molar-refractivity contribution < 1.29 is 14.3 Å². The standard InChI is InChI=1S/C19H26O3/c1-12-6-5-10-18(3)14(12)9-11-19(17(21)22-4)15(18)8-7-13(2)16(19)20/h6-7,14-15H,5,8-11H2,1-4H3/t14-,15+,18-,19-/m0/s1. The summed E-state index contributed by atoms with van der Waals surface area (Å²) in [5, 5.41) is 0. The van der Waals surface area contributed by atoms with Crippen LogP contribution in [0.15, 0.2) is 23.3 Å². The third-order valence-corrected chi connectivity index (χ3v) is 6.69. The Bertz CT molecular complexity index is 585. The van der Waals surface area contributed by atoms with Crippen LogP contribution in [0.5, 0.6) is 0 Å². The lowest BCUT2D eigenvalue weighted by molar-refractivity contribution is -0.174. The molecule has 0 bridgehead atoms. The Hall–Kier alpha value is -1.38. The van der Waals surface area contributed by atoms with Crippen LogP contribution in [0.25, 0.3) is 0 Å². The molecule has 0 amide bonds. The van der Waals surface area contributed by atoms with Crippen LogP contribution in [-0.2, 0) is 14.3 Å². The van der Waals surface area contributed by atoms with Crippen molar-refractivity contribution in [2.75, 3.05) is 7.11 Å². The van der Waals surface area contributed by atoms with Gasteiger partial charge in [-0.2, -0.15) is 0 Å². The van der Waals surface area contributed by atoms with Gasteiger partial charge in [0.15, 0.2) is 5.78 Å². The molecule has 0 spiro atoms. The van der Waals surface area contributed by atoms with Crippen molar-refractivity contribution in [2.24, 2.45) is 22.7 Å². The number of carbonyl (C=O) groups is 2. The van der Waals surface area contributed by atoms with Crippen LogP contribution in [0.1, 0.15) is 52.9 Å². The van der Waals surface area contributed by atoms with E-state index in [1.54, 1.807) is 0 Å². The highest BCUT2D eigenvalue weighted by Crippen LogP contribution is 2.63. The van der Waals surface area contributed by atoms with E-state index in [9.17, 15) is 9.59 Å². The number of Topliss-reactive ketones (excluding diaryl/α,β-unsaturated/α-hetero) is 1. The van der Waals surface area contributed by atoms with E-state index in [4.69, 9.17) is 4.74 Å². The van der Waals surface area contributed by atoms with Crippen molar-refractivity contribution in [3.8, 4) is 0 Å². The van der Waals surface area contributed by atoms with E-state index in [1.807, 2.05) is 13.0 Å². The number of esters is 1. The molecule has 3 nitrogen and oxygen atoms in total. The number of ether oxygens (including phenoxy) is 1. The number of hydrogen-bond acceptors (Lipinski definition) is 3. The zero-order chi connectivity index (χ0) is 16.1. The average Bonchev–Trinajstić information content (AvgIpc) is 2.50. The van der Waals surface area contributed by atoms with Gasteiger partial charge in [-0.15, -0.1) is 0 Å². The quantitative estimate of drug-likeness (QED) is 0.420. The van der Waals surface area contributed by atoms with Gasteiger partial charge in [0, 0.05) is 0 Å². The van der Waals surface area contributed by atoms with Gasteiger partial charge in [-0.25, -0.2) is 0 Å². The van der Waals surface area contributed by atoms with E-state index in [0.29, 0.717) is 12.3 Å². The molecule has 1 saturated carbocycles. The molecule has 3 rings (SSSR count). The lowest BCUT2D eigenvalue weighted by atomic mass is 9.44. The largest absolute Gasteiger partial charge is 0.468 e. The molecule has 0 N–H and O–H groups in total. The van der Waals surface area contributed by atoms with Gasteiger partial charge in [-0.3, -0.25) is 9.59 Å². The van der Waals surface area contributed by atoms with E-state index < -0.39 is 5.41 Å². The van der Waals surface area contributed by atoms with Crippen molar-refractivity contribution in [1.82, 2.24) is 0 Å². The summed E-state index contributed by atoms with van der Waals surface area (Å²) in [4.78, 5) is 25.7. The molecule has 0 unspecified atom stereocenters. The van der Waals surface area contributed by atoms with Crippen LogP contribution in [0.2, 0.25) is 0 Å². The van der Waals surface area contributed by atoms with E-state index in [2.05, 4.69) is 19.9 Å². The predicted molar refractivity (Wildman–Crippen MR) is 85.1 cm³/mol. The van der Waals surface area contributed by atoms with Crippen LogP contribution >= 0.6 is 0 Å². The van der Waals surface area contributed by atoms with E-state index >= 15 is 0 Å². The summed E-state index contributed by atoms with van der Waals surface area (Å²) in [6, 6.07) is 0. The Balaban J connectivity index is 2.14.